The van der Waals surface area contributed by atoms with Gasteiger partial charge in [0.25, 0.3) is 0 Å². The van der Waals surface area contributed by atoms with Crippen LogP contribution in [-0.2, 0) is 6.18 Å². The van der Waals surface area contributed by atoms with Crippen molar-refractivity contribution in [2.75, 3.05) is 6.61 Å². The van der Waals surface area contributed by atoms with E-state index in [4.69, 9.17) is 9.47 Å². The number of aryl methyl sites for hydroxylation is 1. The van der Waals surface area contributed by atoms with Crippen molar-refractivity contribution in [2.24, 2.45) is 4.99 Å². The Morgan fingerprint density at radius 1 is 1.00 bits per heavy atom. The number of benzene rings is 3. The number of halogens is 3. The van der Waals surface area contributed by atoms with Crippen LogP contribution in [0.25, 0.3) is 0 Å². The van der Waals surface area contributed by atoms with Gasteiger partial charge in [0.05, 0.1) is 12.2 Å². The third kappa shape index (κ3) is 5.11. The van der Waals surface area contributed by atoms with Crippen LogP contribution in [0.15, 0.2) is 65.7 Å². The summed E-state index contributed by atoms with van der Waals surface area (Å²) in [5, 5.41) is 10.3. The smallest absolute Gasteiger partial charge is 0.416 e. The van der Waals surface area contributed by atoms with E-state index in [1.54, 1.807) is 37.3 Å². The Labute approximate surface area is 172 Å². The number of ether oxygens (including phenoxy) is 2. The molecule has 156 valence electrons. The van der Waals surface area contributed by atoms with Gasteiger partial charge in [-0.05, 0) is 56.3 Å². The van der Waals surface area contributed by atoms with Crippen LogP contribution in [0.3, 0.4) is 0 Å². The van der Waals surface area contributed by atoms with Crippen LogP contribution in [0.5, 0.6) is 23.0 Å². The van der Waals surface area contributed by atoms with E-state index in [0.717, 1.165) is 17.7 Å². The molecule has 0 amide bonds. The average molecular weight is 415 g/mol. The first-order chi connectivity index (χ1) is 14.3. The number of alkyl halides is 3. The van der Waals surface area contributed by atoms with Crippen molar-refractivity contribution >= 4 is 11.9 Å². The summed E-state index contributed by atoms with van der Waals surface area (Å²) in [6, 6.07) is 15.0. The Kier molecular flexibility index (Phi) is 6.30. The molecular formula is C23H20F3NO3. The molecule has 0 spiro atoms. The molecule has 0 bridgehead atoms. The summed E-state index contributed by atoms with van der Waals surface area (Å²) in [6.07, 6.45) is -3.25. The maximum Gasteiger partial charge on any atom is 0.416 e. The zero-order valence-corrected chi connectivity index (χ0v) is 16.4. The highest BCUT2D eigenvalue weighted by atomic mass is 19.4. The standard InChI is InChI=1S/C23H20F3NO3/c1-3-29-21-6-4-5-16(22(21)28)14-27-19-13-17(23(24,25)26)9-12-20(19)30-18-10-7-15(2)8-11-18/h4-14,28H,3H2,1-2H3. The first-order valence-corrected chi connectivity index (χ1v) is 9.22. The highest BCUT2D eigenvalue weighted by molar-refractivity contribution is 5.87. The minimum Gasteiger partial charge on any atom is -0.504 e. The summed E-state index contributed by atoms with van der Waals surface area (Å²) in [5.74, 6) is 0.749. The third-order valence-electron chi connectivity index (χ3n) is 4.21. The number of phenols is 1. The zero-order valence-electron chi connectivity index (χ0n) is 16.4. The van der Waals surface area contributed by atoms with Crippen molar-refractivity contribution in [2.45, 2.75) is 20.0 Å². The van der Waals surface area contributed by atoms with E-state index in [1.165, 1.54) is 12.3 Å². The van der Waals surface area contributed by atoms with Gasteiger partial charge < -0.3 is 14.6 Å². The van der Waals surface area contributed by atoms with E-state index in [1.807, 2.05) is 19.1 Å². The average Bonchev–Trinajstić information content (AvgIpc) is 2.70. The second-order valence-electron chi connectivity index (χ2n) is 6.48. The van der Waals surface area contributed by atoms with Crippen molar-refractivity contribution in [3.63, 3.8) is 0 Å². The SMILES string of the molecule is CCOc1cccc(C=Nc2cc(C(F)(F)F)ccc2Oc2ccc(C)cc2)c1O. The van der Waals surface area contributed by atoms with Crippen molar-refractivity contribution in [1.29, 1.82) is 0 Å². The molecule has 1 N–H and O–H groups in total. The molecule has 0 unspecified atom stereocenters. The fraction of sp³-hybridized carbons (Fsp3) is 0.174. The highest BCUT2D eigenvalue weighted by Crippen LogP contribution is 2.38. The maximum absolute atomic E-state index is 13.2. The lowest BCUT2D eigenvalue weighted by atomic mass is 10.1. The van der Waals surface area contributed by atoms with Crippen LogP contribution >= 0.6 is 0 Å². The van der Waals surface area contributed by atoms with Gasteiger partial charge in [0, 0.05) is 11.8 Å². The molecule has 0 radical (unpaired) electrons. The van der Waals surface area contributed by atoms with E-state index in [9.17, 15) is 18.3 Å². The third-order valence-corrected chi connectivity index (χ3v) is 4.21. The predicted molar refractivity (Wildman–Crippen MR) is 109 cm³/mol. The Morgan fingerprint density at radius 2 is 1.73 bits per heavy atom. The Morgan fingerprint density at radius 3 is 2.40 bits per heavy atom. The summed E-state index contributed by atoms with van der Waals surface area (Å²) in [5.41, 5.74) is 0.460. The fourth-order valence-corrected chi connectivity index (χ4v) is 2.67. The normalized spacial score (nSPS) is 11.6. The molecule has 4 nitrogen and oxygen atoms in total. The Bertz CT molecular complexity index is 1040. The fourth-order valence-electron chi connectivity index (χ4n) is 2.67. The lowest BCUT2D eigenvalue weighted by Crippen LogP contribution is -2.04. The van der Waals surface area contributed by atoms with Gasteiger partial charge in [-0.3, -0.25) is 4.99 Å². The first kappa shape index (κ1) is 21.2. The Hall–Kier alpha value is -3.48. The topological polar surface area (TPSA) is 51.0 Å². The van der Waals surface area contributed by atoms with Crippen LogP contribution in [-0.4, -0.2) is 17.9 Å². The second kappa shape index (κ2) is 8.90. The van der Waals surface area contributed by atoms with E-state index < -0.39 is 11.7 Å². The number of phenolic OH excluding ortho intramolecular Hbond substituents is 1. The molecule has 0 saturated heterocycles. The van der Waals surface area contributed by atoms with Gasteiger partial charge >= 0.3 is 6.18 Å². The quantitative estimate of drug-likeness (QED) is 0.458. The van der Waals surface area contributed by atoms with E-state index in [2.05, 4.69) is 4.99 Å². The van der Waals surface area contributed by atoms with E-state index >= 15 is 0 Å². The molecule has 0 aliphatic rings. The molecule has 0 aliphatic heterocycles. The number of hydrogen-bond acceptors (Lipinski definition) is 4. The Balaban J connectivity index is 1.99. The predicted octanol–water partition coefficient (Wildman–Crippen LogP) is 6.66. The van der Waals surface area contributed by atoms with Crippen LogP contribution < -0.4 is 9.47 Å². The van der Waals surface area contributed by atoms with Crippen LogP contribution in [0, 0.1) is 6.92 Å². The largest absolute Gasteiger partial charge is 0.504 e. The lowest BCUT2D eigenvalue weighted by molar-refractivity contribution is -0.137. The number of aromatic hydroxyl groups is 1. The van der Waals surface area contributed by atoms with E-state index in [0.29, 0.717) is 17.9 Å². The molecule has 7 heteroatoms. The summed E-state index contributed by atoms with van der Waals surface area (Å²) < 4.78 is 50.6. The second-order valence-corrected chi connectivity index (χ2v) is 6.48. The minimum atomic E-state index is -4.52. The number of para-hydroxylation sites is 1. The summed E-state index contributed by atoms with van der Waals surface area (Å²) >= 11 is 0. The molecule has 3 aromatic carbocycles. The van der Waals surface area contributed by atoms with Crippen LogP contribution in [0.4, 0.5) is 18.9 Å². The molecule has 0 aliphatic carbocycles. The minimum absolute atomic E-state index is 0.0217. The lowest BCUT2D eigenvalue weighted by Gasteiger charge is -2.12. The number of aliphatic imine (C=N–C) groups is 1. The van der Waals surface area contributed by atoms with E-state index in [-0.39, 0.29) is 22.9 Å². The number of nitrogens with zero attached hydrogens (tertiary/aromatic N) is 1. The van der Waals surface area contributed by atoms with Gasteiger partial charge in [-0.25, -0.2) is 0 Å². The molecule has 3 rings (SSSR count). The highest BCUT2D eigenvalue weighted by Gasteiger charge is 2.31. The van der Waals surface area contributed by atoms with Gasteiger partial charge in [0.1, 0.15) is 11.4 Å². The first-order valence-electron chi connectivity index (χ1n) is 9.22. The molecule has 0 fully saturated rings. The summed E-state index contributed by atoms with van der Waals surface area (Å²) in [4.78, 5) is 4.16. The van der Waals surface area contributed by atoms with Gasteiger partial charge in [-0.2, -0.15) is 13.2 Å². The molecule has 0 heterocycles. The van der Waals surface area contributed by atoms with Crippen molar-refractivity contribution in [3.8, 4) is 23.0 Å². The molecule has 3 aromatic rings. The summed E-state index contributed by atoms with van der Waals surface area (Å²) in [6.45, 7) is 4.05. The van der Waals surface area contributed by atoms with Gasteiger partial charge in [0.15, 0.2) is 17.2 Å². The molecule has 30 heavy (non-hydrogen) atoms. The van der Waals surface area contributed by atoms with Crippen molar-refractivity contribution < 1.29 is 27.8 Å². The monoisotopic (exact) mass is 415 g/mol. The van der Waals surface area contributed by atoms with Gasteiger partial charge in [0.2, 0.25) is 0 Å². The van der Waals surface area contributed by atoms with Crippen molar-refractivity contribution in [3.05, 3.63) is 77.4 Å². The molecule has 0 aromatic heterocycles. The molecular weight excluding hydrogens is 395 g/mol. The molecule has 0 saturated carbocycles. The van der Waals surface area contributed by atoms with Crippen molar-refractivity contribution in [1.82, 2.24) is 0 Å². The number of hydrogen-bond donors (Lipinski definition) is 1. The maximum atomic E-state index is 13.2. The number of rotatable bonds is 6. The zero-order chi connectivity index (χ0) is 21.7. The van der Waals surface area contributed by atoms with Gasteiger partial charge in [-0.1, -0.05) is 23.8 Å². The summed E-state index contributed by atoms with van der Waals surface area (Å²) in [7, 11) is 0. The van der Waals surface area contributed by atoms with Crippen LogP contribution in [0.2, 0.25) is 0 Å². The van der Waals surface area contributed by atoms with Crippen LogP contribution in [0.1, 0.15) is 23.6 Å². The molecule has 0 atom stereocenters. The van der Waals surface area contributed by atoms with Gasteiger partial charge in [-0.15, -0.1) is 0 Å².